The van der Waals surface area contributed by atoms with Gasteiger partial charge in [0.25, 0.3) is 0 Å². The van der Waals surface area contributed by atoms with Gasteiger partial charge in [0, 0.05) is 33.2 Å². The van der Waals surface area contributed by atoms with Crippen LogP contribution in [0.15, 0.2) is 18.2 Å². The zero-order chi connectivity index (χ0) is 14.5. The summed E-state index contributed by atoms with van der Waals surface area (Å²) in [5, 5.41) is 0. The molecule has 4 heteroatoms. The van der Waals surface area contributed by atoms with Crippen molar-refractivity contribution in [3.05, 3.63) is 29.6 Å². The van der Waals surface area contributed by atoms with Crippen LogP contribution in [0.5, 0.6) is 0 Å². The summed E-state index contributed by atoms with van der Waals surface area (Å²) in [6.45, 7) is 6.81. The summed E-state index contributed by atoms with van der Waals surface area (Å²) in [7, 11) is 1.74. The SMILES string of the molecule is COCCCc1nc2cc(CN)ccc2n1CC(C)C. The number of imidazole rings is 1. The van der Waals surface area contributed by atoms with Crippen LogP contribution >= 0.6 is 0 Å². The van der Waals surface area contributed by atoms with Gasteiger partial charge >= 0.3 is 0 Å². The van der Waals surface area contributed by atoms with Gasteiger partial charge in [0.05, 0.1) is 11.0 Å². The summed E-state index contributed by atoms with van der Waals surface area (Å²) >= 11 is 0. The van der Waals surface area contributed by atoms with Crippen LogP contribution in [-0.4, -0.2) is 23.3 Å². The minimum Gasteiger partial charge on any atom is -0.385 e. The smallest absolute Gasteiger partial charge is 0.109 e. The van der Waals surface area contributed by atoms with Crippen molar-refractivity contribution in [1.82, 2.24) is 9.55 Å². The molecule has 0 amide bonds. The van der Waals surface area contributed by atoms with Gasteiger partial charge < -0.3 is 15.0 Å². The molecule has 2 aromatic rings. The molecule has 0 saturated heterocycles. The van der Waals surface area contributed by atoms with Crippen molar-refractivity contribution in [2.75, 3.05) is 13.7 Å². The number of benzene rings is 1. The number of hydrogen-bond donors (Lipinski definition) is 1. The summed E-state index contributed by atoms with van der Waals surface area (Å²) in [5.41, 5.74) is 9.12. The third-order valence-electron chi connectivity index (χ3n) is 3.42. The van der Waals surface area contributed by atoms with E-state index < -0.39 is 0 Å². The Balaban J connectivity index is 2.36. The fraction of sp³-hybridized carbons (Fsp3) is 0.562. The van der Waals surface area contributed by atoms with Crippen molar-refractivity contribution >= 4 is 11.0 Å². The van der Waals surface area contributed by atoms with Crippen molar-refractivity contribution in [3.8, 4) is 0 Å². The van der Waals surface area contributed by atoms with Gasteiger partial charge in [-0.15, -0.1) is 0 Å². The molecule has 1 heterocycles. The Labute approximate surface area is 120 Å². The zero-order valence-electron chi connectivity index (χ0n) is 12.7. The minimum atomic E-state index is 0.561. The first kappa shape index (κ1) is 15.0. The van der Waals surface area contributed by atoms with Crippen molar-refractivity contribution < 1.29 is 4.74 Å². The summed E-state index contributed by atoms with van der Waals surface area (Å²) in [6, 6.07) is 6.35. The Morgan fingerprint density at radius 3 is 2.80 bits per heavy atom. The van der Waals surface area contributed by atoms with Gasteiger partial charge in [-0.1, -0.05) is 19.9 Å². The van der Waals surface area contributed by atoms with Gasteiger partial charge in [-0.3, -0.25) is 0 Å². The first-order chi connectivity index (χ1) is 9.65. The summed E-state index contributed by atoms with van der Waals surface area (Å²) in [6.07, 6.45) is 1.95. The number of nitrogens with two attached hydrogens (primary N) is 1. The molecule has 4 nitrogen and oxygen atoms in total. The largest absolute Gasteiger partial charge is 0.385 e. The number of methoxy groups -OCH3 is 1. The van der Waals surface area contributed by atoms with Crippen LogP contribution in [-0.2, 0) is 24.2 Å². The Bertz CT molecular complexity index is 560. The molecular weight excluding hydrogens is 250 g/mol. The summed E-state index contributed by atoms with van der Waals surface area (Å²) in [5.74, 6) is 1.75. The van der Waals surface area contributed by atoms with Crippen molar-refractivity contribution in [2.24, 2.45) is 11.7 Å². The maximum Gasteiger partial charge on any atom is 0.109 e. The number of ether oxygens (including phenoxy) is 1. The maximum atomic E-state index is 5.71. The van der Waals surface area contributed by atoms with Crippen molar-refractivity contribution in [2.45, 2.75) is 39.8 Å². The molecule has 0 aliphatic heterocycles. The minimum absolute atomic E-state index is 0.561. The first-order valence-corrected chi connectivity index (χ1v) is 7.32. The highest BCUT2D eigenvalue weighted by atomic mass is 16.5. The molecule has 2 N–H and O–H groups in total. The third kappa shape index (κ3) is 3.38. The molecule has 0 atom stereocenters. The lowest BCUT2D eigenvalue weighted by Crippen LogP contribution is -2.09. The van der Waals surface area contributed by atoms with E-state index in [1.165, 1.54) is 5.52 Å². The number of aromatic nitrogens is 2. The zero-order valence-corrected chi connectivity index (χ0v) is 12.7. The summed E-state index contributed by atoms with van der Waals surface area (Å²) < 4.78 is 7.48. The predicted molar refractivity (Wildman–Crippen MR) is 82.7 cm³/mol. The van der Waals surface area contributed by atoms with Crippen LogP contribution in [0.25, 0.3) is 11.0 Å². The molecule has 110 valence electrons. The monoisotopic (exact) mass is 275 g/mol. The molecule has 0 bridgehead atoms. The van der Waals surface area contributed by atoms with Gasteiger partial charge in [0.15, 0.2) is 0 Å². The quantitative estimate of drug-likeness (QED) is 0.790. The first-order valence-electron chi connectivity index (χ1n) is 7.32. The molecule has 0 radical (unpaired) electrons. The summed E-state index contributed by atoms with van der Waals surface area (Å²) in [4.78, 5) is 4.80. The maximum absolute atomic E-state index is 5.71. The molecule has 0 spiro atoms. The normalized spacial score (nSPS) is 11.7. The number of aryl methyl sites for hydroxylation is 1. The van der Waals surface area contributed by atoms with Crippen LogP contribution in [0.3, 0.4) is 0 Å². The molecule has 1 aromatic heterocycles. The van der Waals surface area contributed by atoms with Crippen LogP contribution in [0, 0.1) is 5.92 Å². The Hall–Kier alpha value is -1.39. The Morgan fingerprint density at radius 1 is 1.35 bits per heavy atom. The van der Waals surface area contributed by atoms with Gasteiger partial charge in [-0.25, -0.2) is 4.98 Å². The Morgan fingerprint density at radius 2 is 2.15 bits per heavy atom. The molecule has 1 aromatic carbocycles. The van der Waals surface area contributed by atoms with E-state index in [-0.39, 0.29) is 0 Å². The second-order valence-corrected chi connectivity index (χ2v) is 5.66. The molecule has 0 unspecified atom stereocenters. The van der Waals surface area contributed by atoms with Crippen molar-refractivity contribution in [1.29, 1.82) is 0 Å². The third-order valence-corrected chi connectivity index (χ3v) is 3.42. The van der Waals surface area contributed by atoms with Gasteiger partial charge in [-0.05, 0) is 30.0 Å². The fourth-order valence-corrected chi connectivity index (χ4v) is 2.49. The van der Waals surface area contributed by atoms with E-state index in [4.69, 9.17) is 15.5 Å². The van der Waals surface area contributed by atoms with Crippen LogP contribution in [0.4, 0.5) is 0 Å². The second-order valence-electron chi connectivity index (χ2n) is 5.66. The van der Waals surface area contributed by atoms with E-state index in [1.54, 1.807) is 7.11 Å². The number of nitrogens with zero attached hydrogens (tertiary/aromatic N) is 2. The average Bonchev–Trinajstić information content (AvgIpc) is 2.76. The van der Waals surface area contributed by atoms with Gasteiger partial charge in [0.1, 0.15) is 5.82 Å². The highest BCUT2D eigenvalue weighted by Gasteiger charge is 2.12. The molecule has 2 rings (SSSR count). The van der Waals surface area contributed by atoms with E-state index in [0.29, 0.717) is 12.5 Å². The van der Waals surface area contributed by atoms with E-state index in [0.717, 1.165) is 42.9 Å². The molecule has 0 fully saturated rings. The van der Waals surface area contributed by atoms with E-state index >= 15 is 0 Å². The molecule has 0 saturated carbocycles. The standard InChI is InChI=1S/C16H25N3O/c1-12(2)11-19-15-7-6-13(10-17)9-14(15)18-16(19)5-4-8-20-3/h6-7,9,12H,4-5,8,10-11,17H2,1-3H3. The second kappa shape index (κ2) is 6.86. The average molecular weight is 275 g/mol. The van der Waals surface area contributed by atoms with Crippen LogP contribution in [0.2, 0.25) is 0 Å². The number of hydrogen-bond acceptors (Lipinski definition) is 3. The predicted octanol–water partition coefficient (Wildman–Crippen LogP) is 2.73. The molecule has 0 aliphatic rings. The topological polar surface area (TPSA) is 53.1 Å². The lowest BCUT2D eigenvalue weighted by Gasteiger charge is -2.11. The van der Waals surface area contributed by atoms with E-state index in [2.05, 4.69) is 36.6 Å². The highest BCUT2D eigenvalue weighted by Crippen LogP contribution is 2.20. The Kier molecular flexibility index (Phi) is 5.15. The van der Waals surface area contributed by atoms with Gasteiger partial charge in [0.2, 0.25) is 0 Å². The van der Waals surface area contributed by atoms with Crippen LogP contribution < -0.4 is 5.73 Å². The lowest BCUT2D eigenvalue weighted by molar-refractivity contribution is 0.194. The van der Waals surface area contributed by atoms with Crippen LogP contribution in [0.1, 0.15) is 31.7 Å². The van der Waals surface area contributed by atoms with Gasteiger partial charge in [-0.2, -0.15) is 0 Å². The lowest BCUT2D eigenvalue weighted by atomic mass is 10.2. The van der Waals surface area contributed by atoms with E-state index in [9.17, 15) is 0 Å². The van der Waals surface area contributed by atoms with Crippen molar-refractivity contribution in [3.63, 3.8) is 0 Å². The van der Waals surface area contributed by atoms with E-state index in [1.807, 2.05) is 0 Å². The highest BCUT2D eigenvalue weighted by molar-refractivity contribution is 5.77. The number of rotatable bonds is 7. The molecule has 20 heavy (non-hydrogen) atoms. The molecule has 0 aliphatic carbocycles. The number of fused-ring (bicyclic) bond motifs is 1. The fourth-order valence-electron chi connectivity index (χ4n) is 2.49. The molecular formula is C16H25N3O.